The van der Waals surface area contributed by atoms with Crippen molar-refractivity contribution in [2.75, 3.05) is 50.8 Å². The molecular formula is C18H30FIN4O. The summed E-state index contributed by atoms with van der Waals surface area (Å²) >= 11 is 0. The van der Waals surface area contributed by atoms with E-state index in [-0.39, 0.29) is 29.8 Å². The summed E-state index contributed by atoms with van der Waals surface area (Å²) in [6.07, 6.45) is 3.18. The van der Waals surface area contributed by atoms with Crippen LogP contribution in [-0.4, -0.2) is 56.8 Å². The topological polar surface area (TPSA) is 54.1 Å². The third kappa shape index (κ3) is 7.77. The second kappa shape index (κ2) is 12.3. The van der Waals surface area contributed by atoms with Crippen molar-refractivity contribution in [1.29, 1.82) is 0 Å². The van der Waals surface area contributed by atoms with Crippen molar-refractivity contribution in [1.82, 2.24) is 4.90 Å². The highest BCUT2D eigenvalue weighted by molar-refractivity contribution is 14.0. The number of nitrogens with two attached hydrogens (primary N) is 1. The lowest BCUT2D eigenvalue weighted by molar-refractivity contribution is 0.130. The van der Waals surface area contributed by atoms with Crippen LogP contribution in [0.25, 0.3) is 0 Å². The maximum Gasteiger partial charge on any atom is 0.191 e. The molecule has 0 bridgehead atoms. The first kappa shape index (κ1) is 22.0. The Morgan fingerprint density at radius 3 is 2.40 bits per heavy atom. The van der Waals surface area contributed by atoms with E-state index in [1.54, 1.807) is 0 Å². The Hall–Kier alpha value is -1.09. The zero-order valence-corrected chi connectivity index (χ0v) is 17.3. The molecule has 25 heavy (non-hydrogen) atoms. The van der Waals surface area contributed by atoms with Crippen LogP contribution in [0.3, 0.4) is 0 Å². The molecule has 1 fully saturated rings. The molecule has 0 radical (unpaired) electrons. The summed E-state index contributed by atoms with van der Waals surface area (Å²) < 4.78 is 18.5. The molecule has 0 saturated carbocycles. The summed E-state index contributed by atoms with van der Waals surface area (Å²) in [6.45, 7) is 7.83. The summed E-state index contributed by atoms with van der Waals surface area (Å²) in [4.78, 5) is 8.80. The fourth-order valence-corrected chi connectivity index (χ4v) is 2.65. The lowest BCUT2D eigenvalue weighted by atomic mass is 10.2. The van der Waals surface area contributed by atoms with Gasteiger partial charge in [-0.15, -0.1) is 24.0 Å². The smallest absolute Gasteiger partial charge is 0.191 e. The monoisotopic (exact) mass is 464 g/mol. The van der Waals surface area contributed by atoms with Crippen molar-refractivity contribution in [2.24, 2.45) is 10.7 Å². The average Bonchev–Trinajstić information content (AvgIpc) is 2.61. The minimum Gasteiger partial charge on any atom is -0.381 e. The maximum atomic E-state index is 13.0. The zero-order valence-electron chi connectivity index (χ0n) is 15.0. The lowest BCUT2D eigenvalue weighted by Crippen LogP contribution is -2.51. The molecule has 1 heterocycles. The lowest BCUT2D eigenvalue weighted by Gasteiger charge is -2.36. The number of halogens is 2. The second-order valence-corrected chi connectivity index (χ2v) is 6.01. The first-order valence-corrected chi connectivity index (χ1v) is 8.84. The number of nitrogens with zero attached hydrogens (tertiary/aromatic N) is 3. The molecular weight excluding hydrogens is 434 g/mol. The van der Waals surface area contributed by atoms with Gasteiger partial charge in [0, 0.05) is 51.6 Å². The summed E-state index contributed by atoms with van der Waals surface area (Å²) in [5.41, 5.74) is 7.13. The Kier molecular flexibility index (Phi) is 10.8. The Labute approximate surface area is 167 Å². The zero-order chi connectivity index (χ0) is 17.2. The predicted octanol–water partition coefficient (Wildman–Crippen LogP) is 3.09. The Bertz CT molecular complexity index is 504. The minimum absolute atomic E-state index is 0. The van der Waals surface area contributed by atoms with Crippen LogP contribution in [0, 0.1) is 5.82 Å². The summed E-state index contributed by atoms with van der Waals surface area (Å²) in [7, 11) is 0. The normalized spacial score (nSPS) is 15.2. The van der Waals surface area contributed by atoms with Crippen LogP contribution in [0.5, 0.6) is 0 Å². The van der Waals surface area contributed by atoms with Crippen LogP contribution in [0.2, 0.25) is 0 Å². The van der Waals surface area contributed by atoms with E-state index >= 15 is 0 Å². The van der Waals surface area contributed by atoms with Crippen molar-refractivity contribution in [2.45, 2.75) is 26.2 Å². The molecule has 0 spiro atoms. The van der Waals surface area contributed by atoms with E-state index in [0.29, 0.717) is 12.5 Å². The van der Waals surface area contributed by atoms with Crippen molar-refractivity contribution in [3.63, 3.8) is 0 Å². The van der Waals surface area contributed by atoms with Crippen LogP contribution >= 0.6 is 24.0 Å². The third-order valence-electron chi connectivity index (χ3n) is 4.16. The molecule has 0 atom stereocenters. The number of rotatable bonds is 8. The van der Waals surface area contributed by atoms with Gasteiger partial charge in [0.15, 0.2) is 5.96 Å². The van der Waals surface area contributed by atoms with Crippen molar-refractivity contribution >= 4 is 35.6 Å². The van der Waals surface area contributed by atoms with E-state index < -0.39 is 0 Å². The molecule has 0 aromatic heterocycles. The fourth-order valence-electron chi connectivity index (χ4n) is 2.65. The fraction of sp³-hybridized carbons (Fsp3) is 0.611. The van der Waals surface area contributed by atoms with Gasteiger partial charge in [0.05, 0.1) is 0 Å². The maximum absolute atomic E-state index is 13.0. The Morgan fingerprint density at radius 2 is 1.76 bits per heavy atom. The summed E-state index contributed by atoms with van der Waals surface area (Å²) in [5.74, 6) is 0.412. The van der Waals surface area contributed by atoms with Gasteiger partial charge < -0.3 is 20.3 Å². The molecule has 0 aliphatic carbocycles. The van der Waals surface area contributed by atoms with Gasteiger partial charge in [-0.05, 0) is 37.1 Å². The van der Waals surface area contributed by atoms with Gasteiger partial charge in [-0.3, -0.25) is 4.99 Å². The number of unbranched alkanes of at least 4 members (excludes halogenated alkanes) is 1. The van der Waals surface area contributed by atoms with E-state index in [0.717, 1.165) is 64.3 Å². The van der Waals surface area contributed by atoms with Gasteiger partial charge in [0.1, 0.15) is 5.82 Å². The Morgan fingerprint density at radius 1 is 1.12 bits per heavy atom. The minimum atomic E-state index is -0.201. The van der Waals surface area contributed by atoms with E-state index in [1.807, 2.05) is 12.1 Å². The number of hydrogen-bond donors (Lipinski definition) is 1. The largest absolute Gasteiger partial charge is 0.381 e. The van der Waals surface area contributed by atoms with Gasteiger partial charge in [-0.2, -0.15) is 0 Å². The molecule has 1 aliphatic rings. The Balaban J connectivity index is 0.00000312. The number of anilines is 1. The van der Waals surface area contributed by atoms with Gasteiger partial charge in [-0.25, -0.2) is 4.39 Å². The van der Waals surface area contributed by atoms with Crippen molar-refractivity contribution in [3.05, 3.63) is 30.1 Å². The molecule has 1 aromatic carbocycles. The van der Waals surface area contributed by atoms with Gasteiger partial charge in [0.25, 0.3) is 0 Å². The molecule has 1 aliphatic heterocycles. The standard InChI is InChI=1S/C18H29FN4O.HI/c1-2-3-14-24-15-4-9-21-18(20)23-12-10-22(11-13-23)17-7-5-16(19)6-8-17;/h5-8H,2-4,9-15H2,1H3,(H2,20,21);1H. The van der Waals surface area contributed by atoms with Crippen LogP contribution in [0.1, 0.15) is 26.2 Å². The first-order chi connectivity index (χ1) is 11.7. The summed E-state index contributed by atoms with van der Waals surface area (Å²) in [5, 5.41) is 0. The molecule has 2 rings (SSSR count). The number of benzene rings is 1. The molecule has 0 amide bonds. The van der Waals surface area contributed by atoms with E-state index in [2.05, 4.69) is 21.7 Å². The number of ether oxygens (including phenoxy) is 1. The van der Waals surface area contributed by atoms with Gasteiger partial charge in [0.2, 0.25) is 0 Å². The highest BCUT2D eigenvalue weighted by Crippen LogP contribution is 2.16. The molecule has 142 valence electrons. The van der Waals surface area contributed by atoms with E-state index in [9.17, 15) is 4.39 Å². The number of guanidine groups is 1. The highest BCUT2D eigenvalue weighted by Gasteiger charge is 2.18. The van der Waals surface area contributed by atoms with Crippen LogP contribution in [-0.2, 0) is 4.74 Å². The highest BCUT2D eigenvalue weighted by atomic mass is 127. The number of aliphatic imine (C=N–C) groups is 1. The molecule has 1 aromatic rings. The molecule has 0 unspecified atom stereocenters. The summed E-state index contributed by atoms with van der Waals surface area (Å²) in [6, 6.07) is 6.64. The van der Waals surface area contributed by atoms with Crippen LogP contribution < -0.4 is 10.6 Å². The van der Waals surface area contributed by atoms with Crippen LogP contribution in [0.4, 0.5) is 10.1 Å². The molecule has 2 N–H and O–H groups in total. The number of hydrogen-bond acceptors (Lipinski definition) is 3. The number of piperazine rings is 1. The van der Waals surface area contributed by atoms with E-state index in [4.69, 9.17) is 10.5 Å². The van der Waals surface area contributed by atoms with Gasteiger partial charge >= 0.3 is 0 Å². The predicted molar refractivity (Wildman–Crippen MR) is 112 cm³/mol. The third-order valence-corrected chi connectivity index (χ3v) is 4.16. The second-order valence-electron chi connectivity index (χ2n) is 6.01. The quantitative estimate of drug-likeness (QED) is 0.278. The first-order valence-electron chi connectivity index (χ1n) is 8.84. The van der Waals surface area contributed by atoms with Crippen molar-refractivity contribution in [3.8, 4) is 0 Å². The molecule has 7 heteroatoms. The molecule has 5 nitrogen and oxygen atoms in total. The van der Waals surface area contributed by atoms with Gasteiger partial charge in [-0.1, -0.05) is 13.3 Å². The van der Waals surface area contributed by atoms with Crippen molar-refractivity contribution < 1.29 is 9.13 Å². The van der Waals surface area contributed by atoms with Crippen LogP contribution in [0.15, 0.2) is 29.3 Å². The van der Waals surface area contributed by atoms with E-state index in [1.165, 1.54) is 12.1 Å². The SMILES string of the molecule is CCCCOCCCN=C(N)N1CCN(c2ccc(F)cc2)CC1.I. The average molecular weight is 464 g/mol. The molecule has 1 saturated heterocycles.